The Hall–Kier alpha value is -2.09. The van der Waals surface area contributed by atoms with Crippen LogP contribution >= 0.6 is 0 Å². The number of hydrogen-bond donors (Lipinski definition) is 1. The molecule has 0 saturated carbocycles. The van der Waals surface area contributed by atoms with E-state index in [0.29, 0.717) is 12.1 Å². The molecular weight excluding hydrogens is 206 g/mol. The molecular formula is C11H11N3O2. The summed E-state index contributed by atoms with van der Waals surface area (Å²) in [7, 11) is 0. The Balaban J connectivity index is 2.23. The summed E-state index contributed by atoms with van der Waals surface area (Å²) >= 11 is 0. The number of carboxylic acid groups (broad SMARTS) is 1. The van der Waals surface area contributed by atoms with Gasteiger partial charge in [0.1, 0.15) is 17.8 Å². The lowest BCUT2D eigenvalue weighted by Gasteiger charge is -2.22. The van der Waals surface area contributed by atoms with Gasteiger partial charge < -0.3 is 10.0 Å². The molecule has 0 radical (unpaired) electrons. The standard InChI is InChI=1S/C11H11N3O2/c12-6-8-3-4-9(7-13-8)14-5-1-2-10(14)11(15)16/h3-4,7,10H,1-2,5H2,(H,15,16)/t10-/m0/s1. The van der Waals surface area contributed by atoms with Crippen molar-refractivity contribution in [1.29, 1.82) is 5.26 Å². The Bertz CT molecular complexity index is 436. The van der Waals surface area contributed by atoms with Crippen LogP contribution in [0, 0.1) is 11.3 Å². The lowest BCUT2D eigenvalue weighted by atomic mass is 10.2. The second kappa shape index (κ2) is 4.19. The number of nitriles is 1. The molecule has 0 aliphatic carbocycles. The van der Waals surface area contributed by atoms with Crippen LogP contribution in [-0.4, -0.2) is 28.6 Å². The first-order valence-electron chi connectivity index (χ1n) is 5.08. The predicted molar refractivity (Wildman–Crippen MR) is 57.0 cm³/mol. The molecule has 1 atom stereocenters. The maximum Gasteiger partial charge on any atom is 0.326 e. The third kappa shape index (κ3) is 1.82. The van der Waals surface area contributed by atoms with Crippen molar-refractivity contribution in [2.24, 2.45) is 0 Å². The van der Waals surface area contributed by atoms with E-state index in [1.54, 1.807) is 18.3 Å². The van der Waals surface area contributed by atoms with Gasteiger partial charge in [0.2, 0.25) is 0 Å². The summed E-state index contributed by atoms with van der Waals surface area (Å²) in [5, 5.41) is 17.6. The van der Waals surface area contributed by atoms with Gasteiger partial charge in [-0.1, -0.05) is 0 Å². The first kappa shape index (κ1) is 10.4. The molecule has 0 unspecified atom stereocenters. The maximum atomic E-state index is 11.0. The van der Waals surface area contributed by atoms with Crippen molar-refractivity contribution in [3.05, 3.63) is 24.0 Å². The van der Waals surface area contributed by atoms with Gasteiger partial charge >= 0.3 is 5.97 Å². The third-order valence-electron chi connectivity index (χ3n) is 2.73. The molecule has 0 amide bonds. The van der Waals surface area contributed by atoms with Crippen LogP contribution in [0.25, 0.3) is 0 Å². The molecule has 1 fully saturated rings. The van der Waals surface area contributed by atoms with Gasteiger partial charge in [0.15, 0.2) is 0 Å². The van der Waals surface area contributed by atoms with Crippen LogP contribution < -0.4 is 4.90 Å². The lowest BCUT2D eigenvalue weighted by molar-refractivity contribution is -0.138. The second-order valence-electron chi connectivity index (χ2n) is 3.70. The van der Waals surface area contributed by atoms with Crippen molar-refractivity contribution in [2.45, 2.75) is 18.9 Å². The van der Waals surface area contributed by atoms with Crippen LogP contribution in [-0.2, 0) is 4.79 Å². The first-order chi connectivity index (χ1) is 7.72. The van der Waals surface area contributed by atoms with Gasteiger partial charge in [0.05, 0.1) is 11.9 Å². The molecule has 1 saturated heterocycles. The zero-order valence-electron chi connectivity index (χ0n) is 8.63. The van der Waals surface area contributed by atoms with Crippen molar-refractivity contribution in [3.8, 4) is 6.07 Å². The highest BCUT2D eigenvalue weighted by atomic mass is 16.4. The molecule has 82 valence electrons. The van der Waals surface area contributed by atoms with E-state index in [1.165, 1.54) is 0 Å². The molecule has 0 spiro atoms. The van der Waals surface area contributed by atoms with Crippen LogP contribution in [0.3, 0.4) is 0 Å². The average Bonchev–Trinajstić information content (AvgIpc) is 2.78. The highest BCUT2D eigenvalue weighted by molar-refractivity contribution is 5.78. The summed E-state index contributed by atoms with van der Waals surface area (Å²) < 4.78 is 0. The Morgan fingerprint density at radius 2 is 2.44 bits per heavy atom. The van der Waals surface area contributed by atoms with Gasteiger partial charge in [0, 0.05) is 6.54 Å². The monoisotopic (exact) mass is 217 g/mol. The number of carbonyl (C=O) groups is 1. The van der Waals surface area contributed by atoms with Crippen molar-refractivity contribution in [1.82, 2.24) is 4.98 Å². The Morgan fingerprint density at radius 1 is 1.62 bits per heavy atom. The molecule has 0 aromatic carbocycles. The minimum Gasteiger partial charge on any atom is -0.480 e. The van der Waals surface area contributed by atoms with Gasteiger partial charge in [-0.3, -0.25) is 0 Å². The van der Waals surface area contributed by atoms with E-state index < -0.39 is 12.0 Å². The average molecular weight is 217 g/mol. The highest BCUT2D eigenvalue weighted by Gasteiger charge is 2.30. The zero-order chi connectivity index (χ0) is 11.5. The van der Waals surface area contributed by atoms with Crippen molar-refractivity contribution in [2.75, 3.05) is 11.4 Å². The van der Waals surface area contributed by atoms with Crippen molar-refractivity contribution < 1.29 is 9.90 Å². The largest absolute Gasteiger partial charge is 0.480 e. The van der Waals surface area contributed by atoms with Gasteiger partial charge in [0.25, 0.3) is 0 Å². The van der Waals surface area contributed by atoms with Crippen LogP contribution in [0.15, 0.2) is 18.3 Å². The van der Waals surface area contributed by atoms with Gasteiger partial charge in [-0.05, 0) is 25.0 Å². The summed E-state index contributed by atoms with van der Waals surface area (Å²) in [4.78, 5) is 16.7. The molecule has 5 nitrogen and oxygen atoms in total. The van der Waals surface area contributed by atoms with Crippen LogP contribution in [0.1, 0.15) is 18.5 Å². The fourth-order valence-corrected chi connectivity index (χ4v) is 1.95. The Labute approximate surface area is 92.9 Å². The smallest absolute Gasteiger partial charge is 0.326 e. The number of aliphatic carboxylic acids is 1. The number of carboxylic acids is 1. The van der Waals surface area contributed by atoms with Crippen LogP contribution in [0.2, 0.25) is 0 Å². The number of hydrogen-bond acceptors (Lipinski definition) is 4. The van der Waals surface area contributed by atoms with Crippen molar-refractivity contribution in [3.63, 3.8) is 0 Å². The van der Waals surface area contributed by atoms with Gasteiger partial charge in [-0.25, -0.2) is 9.78 Å². The Morgan fingerprint density at radius 3 is 3.00 bits per heavy atom. The van der Waals surface area contributed by atoms with Crippen molar-refractivity contribution >= 4 is 11.7 Å². The number of pyridine rings is 1. The minimum atomic E-state index is -0.804. The fourth-order valence-electron chi connectivity index (χ4n) is 1.95. The lowest BCUT2D eigenvalue weighted by Crippen LogP contribution is -2.35. The number of nitrogens with zero attached hydrogens (tertiary/aromatic N) is 3. The van der Waals surface area contributed by atoms with Crippen LogP contribution in [0.5, 0.6) is 0 Å². The highest BCUT2D eigenvalue weighted by Crippen LogP contribution is 2.24. The molecule has 2 rings (SSSR count). The summed E-state index contributed by atoms with van der Waals surface area (Å²) in [5.74, 6) is -0.804. The maximum absolute atomic E-state index is 11.0. The van der Waals surface area contributed by atoms with Gasteiger partial charge in [-0.2, -0.15) is 5.26 Å². The minimum absolute atomic E-state index is 0.342. The summed E-state index contributed by atoms with van der Waals surface area (Å²) in [5.41, 5.74) is 1.11. The molecule has 1 aromatic heterocycles. The second-order valence-corrected chi connectivity index (χ2v) is 3.70. The quantitative estimate of drug-likeness (QED) is 0.799. The zero-order valence-corrected chi connectivity index (χ0v) is 8.63. The molecule has 16 heavy (non-hydrogen) atoms. The molecule has 1 aromatic rings. The summed E-state index contributed by atoms with van der Waals surface area (Å²) in [6.45, 7) is 0.727. The molecule has 1 aliphatic heterocycles. The number of rotatable bonds is 2. The van der Waals surface area contributed by atoms with Crippen LogP contribution in [0.4, 0.5) is 5.69 Å². The van der Waals surface area contributed by atoms with E-state index in [2.05, 4.69) is 4.98 Å². The Kier molecular flexibility index (Phi) is 2.73. The van der Waals surface area contributed by atoms with E-state index in [1.807, 2.05) is 11.0 Å². The SMILES string of the molecule is N#Cc1ccc(N2CCC[C@H]2C(=O)O)cn1. The third-order valence-corrected chi connectivity index (χ3v) is 2.73. The predicted octanol–water partition coefficient (Wildman–Crippen LogP) is 1.01. The molecule has 0 bridgehead atoms. The summed E-state index contributed by atoms with van der Waals surface area (Å²) in [6.07, 6.45) is 3.09. The summed E-state index contributed by atoms with van der Waals surface area (Å²) in [6, 6.07) is 4.82. The van der Waals surface area contributed by atoms with E-state index >= 15 is 0 Å². The molecule has 5 heteroatoms. The first-order valence-corrected chi connectivity index (χ1v) is 5.08. The normalized spacial score (nSPS) is 19.4. The molecule has 1 aliphatic rings. The van der Waals surface area contributed by atoms with E-state index in [4.69, 9.17) is 10.4 Å². The fraction of sp³-hybridized carbons (Fsp3) is 0.364. The van der Waals surface area contributed by atoms with E-state index in [9.17, 15) is 4.79 Å². The van der Waals surface area contributed by atoms with E-state index in [0.717, 1.165) is 18.7 Å². The topological polar surface area (TPSA) is 77.2 Å². The van der Waals surface area contributed by atoms with Gasteiger partial charge in [-0.15, -0.1) is 0 Å². The molecule has 1 N–H and O–H groups in total. The number of aromatic nitrogens is 1. The molecule has 2 heterocycles. The number of anilines is 1. The van der Waals surface area contributed by atoms with E-state index in [-0.39, 0.29) is 0 Å².